The molecule has 0 aliphatic carbocycles. The molecule has 2 N–H and O–H groups in total. The second kappa shape index (κ2) is 3.69. The number of ether oxygens (including phenoxy) is 1. The first-order valence-electron chi connectivity index (χ1n) is 3.74. The third-order valence-electron chi connectivity index (χ3n) is 1.97. The number of methoxy groups -OCH3 is 1. The standard InChI is InChI=1S/C7H13NO3/c1-11-6-5(7(9)10)3-2-4-8-6/h5-6,8H,2-4H2,1H3,(H,9,10). The van der Waals surface area contributed by atoms with Crippen LogP contribution >= 0.6 is 0 Å². The number of carboxylic acids is 1. The lowest BCUT2D eigenvalue weighted by Gasteiger charge is -2.28. The van der Waals surface area contributed by atoms with Gasteiger partial charge in [0.05, 0.1) is 5.92 Å². The summed E-state index contributed by atoms with van der Waals surface area (Å²) >= 11 is 0. The number of hydrogen-bond acceptors (Lipinski definition) is 3. The van der Waals surface area contributed by atoms with Crippen molar-refractivity contribution in [1.29, 1.82) is 0 Å². The largest absolute Gasteiger partial charge is 0.481 e. The molecule has 1 saturated heterocycles. The van der Waals surface area contributed by atoms with E-state index in [0.29, 0.717) is 6.42 Å². The number of nitrogens with one attached hydrogen (secondary N) is 1. The van der Waals surface area contributed by atoms with Crippen molar-refractivity contribution in [3.8, 4) is 0 Å². The fraction of sp³-hybridized carbons (Fsp3) is 0.857. The molecular weight excluding hydrogens is 146 g/mol. The van der Waals surface area contributed by atoms with Gasteiger partial charge in [0.1, 0.15) is 6.23 Å². The lowest BCUT2D eigenvalue weighted by Crippen LogP contribution is -2.45. The van der Waals surface area contributed by atoms with Crippen LogP contribution in [0.1, 0.15) is 12.8 Å². The Morgan fingerprint density at radius 1 is 1.73 bits per heavy atom. The van der Waals surface area contributed by atoms with E-state index in [-0.39, 0.29) is 12.1 Å². The Morgan fingerprint density at radius 3 is 2.91 bits per heavy atom. The summed E-state index contributed by atoms with van der Waals surface area (Å²) in [6, 6.07) is 0. The van der Waals surface area contributed by atoms with Gasteiger partial charge in [-0.25, -0.2) is 0 Å². The predicted molar refractivity (Wildman–Crippen MR) is 39.2 cm³/mol. The van der Waals surface area contributed by atoms with Crippen molar-refractivity contribution in [2.24, 2.45) is 5.92 Å². The van der Waals surface area contributed by atoms with E-state index in [9.17, 15) is 4.79 Å². The fourth-order valence-electron chi connectivity index (χ4n) is 1.36. The minimum Gasteiger partial charge on any atom is -0.481 e. The first-order chi connectivity index (χ1) is 5.25. The van der Waals surface area contributed by atoms with Crippen molar-refractivity contribution in [2.75, 3.05) is 13.7 Å². The third kappa shape index (κ3) is 1.91. The second-order valence-corrected chi connectivity index (χ2v) is 2.70. The molecule has 2 unspecified atom stereocenters. The van der Waals surface area contributed by atoms with Crippen LogP contribution in [-0.4, -0.2) is 31.0 Å². The monoisotopic (exact) mass is 159 g/mol. The molecule has 4 heteroatoms. The van der Waals surface area contributed by atoms with Crippen LogP contribution in [0.5, 0.6) is 0 Å². The number of carbonyl (C=O) groups is 1. The topological polar surface area (TPSA) is 58.6 Å². The molecule has 0 aromatic carbocycles. The summed E-state index contributed by atoms with van der Waals surface area (Å²) in [5.41, 5.74) is 0. The minimum absolute atomic E-state index is 0.304. The number of aliphatic carboxylic acids is 1. The molecule has 2 atom stereocenters. The predicted octanol–water partition coefficient (Wildman–Crippen LogP) is 0.0431. The molecule has 0 spiro atoms. The van der Waals surface area contributed by atoms with E-state index in [1.165, 1.54) is 7.11 Å². The maximum atomic E-state index is 10.6. The minimum atomic E-state index is -0.774. The van der Waals surface area contributed by atoms with E-state index in [0.717, 1.165) is 13.0 Å². The number of piperidine rings is 1. The summed E-state index contributed by atoms with van der Waals surface area (Å²) in [4.78, 5) is 10.6. The van der Waals surface area contributed by atoms with Crippen LogP contribution in [0.3, 0.4) is 0 Å². The van der Waals surface area contributed by atoms with E-state index in [1.807, 2.05) is 0 Å². The highest BCUT2D eigenvalue weighted by atomic mass is 16.5. The van der Waals surface area contributed by atoms with Crippen LogP contribution in [-0.2, 0) is 9.53 Å². The molecule has 0 amide bonds. The van der Waals surface area contributed by atoms with Gasteiger partial charge in [-0.15, -0.1) is 0 Å². The molecule has 1 fully saturated rings. The lowest BCUT2D eigenvalue weighted by atomic mass is 9.98. The molecule has 11 heavy (non-hydrogen) atoms. The average Bonchev–Trinajstić information content (AvgIpc) is 2.04. The van der Waals surface area contributed by atoms with E-state index in [2.05, 4.69) is 5.32 Å². The molecule has 0 aromatic heterocycles. The van der Waals surface area contributed by atoms with E-state index < -0.39 is 5.97 Å². The Kier molecular flexibility index (Phi) is 2.84. The summed E-state index contributed by atoms with van der Waals surface area (Å²) in [6.45, 7) is 0.849. The van der Waals surface area contributed by atoms with Crippen LogP contribution in [0.15, 0.2) is 0 Å². The molecule has 1 heterocycles. The zero-order valence-corrected chi connectivity index (χ0v) is 6.54. The summed E-state index contributed by atoms with van der Waals surface area (Å²) < 4.78 is 4.97. The van der Waals surface area contributed by atoms with E-state index in [1.54, 1.807) is 0 Å². The van der Waals surface area contributed by atoms with Crippen LogP contribution in [0.25, 0.3) is 0 Å². The highest BCUT2D eigenvalue weighted by Crippen LogP contribution is 2.16. The molecular formula is C7H13NO3. The van der Waals surface area contributed by atoms with Gasteiger partial charge in [-0.05, 0) is 19.4 Å². The zero-order chi connectivity index (χ0) is 8.27. The average molecular weight is 159 g/mol. The summed E-state index contributed by atoms with van der Waals surface area (Å²) in [6.07, 6.45) is 1.32. The van der Waals surface area contributed by atoms with E-state index >= 15 is 0 Å². The zero-order valence-electron chi connectivity index (χ0n) is 6.54. The Labute approximate surface area is 65.5 Å². The van der Waals surface area contributed by atoms with Gasteiger partial charge in [-0.3, -0.25) is 10.1 Å². The van der Waals surface area contributed by atoms with Crippen molar-refractivity contribution in [2.45, 2.75) is 19.1 Å². The van der Waals surface area contributed by atoms with Gasteiger partial charge in [0.25, 0.3) is 0 Å². The maximum Gasteiger partial charge on any atom is 0.310 e. The van der Waals surface area contributed by atoms with Gasteiger partial charge in [0.2, 0.25) is 0 Å². The Morgan fingerprint density at radius 2 is 2.45 bits per heavy atom. The Balaban J connectivity index is 2.51. The molecule has 1 rings (SSSR count). The normalized spacial score (nSPS) is 31.7. The van der Waals surface area contributed by atoms with Crippen LogP contribution in [0.4, 0.5) is 0 Å². The summed E-state index contributed by atoms with van der Waals surface area (Å²) in [7, 11) is 1.53. The van der Waals surface area contributed by atoms with Gasteiger partial charge < -0.3 is 9.84 Å². The van der Waals surface area contributed by atoms with Crippen LogP contribution < -0.4 is 5.32 Å². The third-order valence-corrected chi connectivity index (χ3v) is 1.97. The number of rotatable bonds is 2. The summed E-state index contributed by atoms with van der Waals surface area (Å²) in [5.74, 6) is -1.15. The van der Waals surface area contributed by atoms with Crippen molar-refractivity contribution in [3.63, 3.8) is 0 Å². The van der Waals surface area contributed by atoms with Crippen molar-refractivity contribution in [3.05, 3.63) is 0 Å². The first-order valence-corrected chi connectivity index (χ1v) is 3.74. The van der Waals surface area contributed by atoms with Crippen molar-refractivity contribution >= 4 is 5.97 Å². The smallest absolute Gasteiger partial charge is 0.310 e. The Bertz CT molecular complexity index is 149. The molecule has 1 aliphatic rings. The molecule has 0 aromatic rings. The van der Waals surface area contributed by atoms with Gasteiger partial charge in [-0.1, -0.05) is 0 Å². The van der Waals surface area contributed by atoms with Crippen LogP contribution in [0.2, 0.25) is 0 Å². The molecule has 0 radical (unpaired) electrons. The number of hydrogen-bond donors (Lipinski definition) is 2. The molecule has 1 aliphatic heterocycles. The maximum absolute atomic E-state index is 10.6. The van der Waals surface area contributed by atoms with Gasteiger partial charge >= 0.3 is 5.97 Å². The highest BCUT2D eigenvalue weighted by molar-refractivity contribution is 5.70. The highest BCUT2D eigenvalue weighted by Gasteiger charge is 2.30. The van der Waals surface area contributed by atoms with Crippen LogP contribution in [0, 0.1) is 5.92 Å². The number of carboxylic acid groups (broad SMARTS) is 1. The van der Waals surface area contributed by atoms with E-state index in [4.69, 9.17) is 9.84 Å². The Hall–Kier alpha value is -0.610. The van der Waals surface area contributed by atoms with Crippen molar-refractivity contribution in [1.82, 2.24) is 5.32 Å². The molecule has 0 bridgehead atoms. The molecule has 0 saturated carbocycles. The lowest BCUT2D eigenvalue weighted by molar-refractivity contribution is -0.149. The quantitative estimate of drug-likeness (QED) is 0.597. The van der Waals surface area contributed by atoms with Gasteiger partial charge in [0, 0.05) is 7.11 Å². The summed E-state index contributed by atoms with van der Waals surface area (Å²) in [5, 5.41) is 11.7. The fourth-order valence-corrected chi connectivity index (χ4v) is 1.36. The SMILES string of the molecule is COC1NCCCC1C(=O)O. The second-order valence-electron chi connectivity index (χ2n) is 2.70. The molecule has 4 nitrogen and oxygen atoms in total. The van der Waals surface area contributed by atoms with Gasteiger partial charge in [-0.2, -0.15) is 0 Å². The van der Waals surface area contributed by atoms with Crippen molar-refractivity contribution < 1.29 is 14.6 Å². The first kappa shape index (κ1) is 8.49. The molecule has 64 valence electrons. The van der Waals surface area contributed by atoms with Gasteiger partial charge in [0.15, 0.2) is 0 Å².